The molecule has 1 aromatic heterocycles. The Morgan fingerprint density at radius 1 is 1.73 bits per heavy atom. The first-order chi connectivity index (χ1) is 7.10. The summed E-state index contributed by atoms with van der Waals surface area (Å²) in [4.78, 5) is 11.5. The fourth-order valence-electron chi connectivity index (χ4n) is 1.11. The first kappa shape index (κ1) is 12.2. The third-order valence-electron chi connectivity index (χ3n) is 2.15. The van der Waals surface area contributed by atoms with Gasteiger partial charge in [0.2, 0.25) is 0 Å². The van der Waals surface area contributed by atoms with Gasteiger partial charge < -0.3 is 10.4 Å². The number of rotatable bonds is 4. The summed E-state index contributed by atoms with van der Waals surface area (Å²) >= 11 is 3.20. The van der Waals surface area contributed by atoms with Crippen molar-refractivity contribution >= 4 is 21.6 Å². The Morgan fingerprint density at radius 3 is 2.93 bits per heavy atom. The molecule has 0 saturated heterocycles. The van der Waals surface area contributed by atoms with Gasteiger partial charge in [-0.3, -0.25) is 4.79 Å². The molecule has 0 amide bonds. The van der Waals surface area contributed by atoms with Crippen LogP contribution in [-0.4, -0.2) is 27.5 Å². The highest BCUT2D eigenvalue weighted by atomic mass is 79.9. The molecule has 0 fully saturated rings. The zero-order valence-electron chi connectivity index (χ0n) is 8.70. The van der Waals surface area contributed by atoms with Crippen LogP contribution in [0, 0.1) is 0 Å². The summed E-state index contributed by atoms with van der Waals surface area (Å²) in [5, 5.41) is 16.0. The number of anilines is 1. The summed E-state index contributed by atoms with van der Waals surface area (Å²) in [7, 11) is 1.58. The van der Waals surface area contributed by atoms with Gasteiger partial charge in [0.1, 0.15) is 4.47 Å². The molecule has 0 spiro atoms. The lowest BCUT2D eigenvalue weighted by Gasteiger charge is -2.16. The highest BCUT2D eigenvalue weighted by Gasteiger charge is 2.10. The first-order valence-corrected chi connectivity index (χ1v) is 5.48. The van der Waals surface area contributed by atoms with Crippen molar-refractivity contribution in [3.8, 4) is 0 Å². The summed E-state index contributed by atoms with van der Waals surface area (Å²) < 4.78 is 1.68. The number of halogens is 1. The molecular weight excluding hydrogens is 262 g/mol. The summed E-state index contributed by atoms with van der Waals surface area (Å²) in [6, 6.07) is -0.0600. The number of aliphatic hydroxyl groups excluding tert-OH is 1. The van der Waals surface area contributed by atoms with Gasteiger partial charge in [-0.25, -0.2) is 4.68 Å². The lowest BCUT2D eigenvalue weighted by Crippen LogP contribution is -2.26. The second kappa shape index (κ2) is 5.27. The van der Waals surface area contributed by atoms with Crippen LogP contribution in [-0.2, 0) is 7.05 Å². The van der Waals surface area contributed by atoms with E-state index in [1.807, 2.05) is 6.92 Å². The molecule has 0 unspecified atom stereocenters. The topological polar surface area (TPSA) is 67.2 Å². The molecule has 5 nitrogen and oxygen atoms in total. The van der Waals surface area contributed by atoms with Crippen molar-refractivity contribution in [2.45, 2.75) is 19.4 Å². The summed E-state index contributed by atoms with van der Waals surface area (Å²) in [5.41, 5.74) is 0.409. The molecule has 1 heterocycles. The molecule has 0 aliphatic rings. The minimum atomic E-state index is -0.201. The van der Waals surface area contributed by atoms with Gasteiger partial charge in [-0.2, -0.15) is 5.10 Å². The molecule has 15 heavy (non-hydrogen) atoms. The van der Waals surface area contributed by atoms with Crippen molar-refractivity contribution in [1.82, 2.24) is 9.78 Å². The SMILES string of the molecule is CC[C@@H](CO)Nc1cnn(C)c(=O)c1Br. The molecule has 2 N–H and O–H groups in total. The summed E-state index contributed by atoms with van der Waals surface area (Å²) in [6.45, 7) is 1.98. The Labute approximate surface area is 96.2 Å². The highest BCUT2D eigenvalue weighted by Crippen LogP contribution is 2.17. The monoisotopic (exact) mass is 275 g/mol. The van der Waals surface area contributed by atoms with Crippen LogP contribution < -0.4 is 10.9 Å². The second-order valence-electron chi connectivity index (χ2n) is 3.23. The predicted molar refractivity (Wildman–Crippen MR) is 62.0 cm³/mol. The number of hydrogen-bond acceptors (Lipinski definition) is 4. The van der Waals surface area contributed by atoms with Gasteiger partial charge in [-0.1, -0.05) is 6.92 Å². The maximum atomic E-state index is 11.5. The van der Waals surface area contributed by atoms with E-state index in [1.54, 1.807) is 13.2 Å². The molecule has 1 atom stereocenters. The van der Waals surface area contributed by atoms with Crippen molar-refractivity contribution in [2.75, 3.05) is 11.9 Å². The maximum absolute atomic E-state index is 11.5. The summed E-state index contributed by atoms with van der Waals surface area (Å²) in [5.74, 6) is 0. The van der Waals surface area contributed by atoms with E-state index in [0.717, 1.165) is 6.42 Å². The number of nitrogens with zero attached hydrogens (tertiary/aromatic N) is 2. The Morgan fingerprint density at radius 2 is 2.40 bits per heavy atom. The lowest BCUT2D eigenvalue weighted by molar-refractivity contribution is 0.271. The Kier molecular flexibility index (Phi) is 4.28. The van der Waals surface area contributed by atoms with Crippen LogP contribution in [0.15, 0.2) is 15.5 Å². The normalized spacial score (nSPS) is 12.5. The predicted octanol–water partition coefficient (Wildman–Crippen LogP) is 0.726. The number of hydrogen-bond donors (Lipinski definition) is 2. The third kappa shape index (κ3) is 2.79. The van der Waals surface area contributed by atoms with Gasteiger partial charge in [0, 0.05) is 13.1 Å². The molecule has 1 rings (SSSR count). The lowest BCUT2D eigenvalue weighted by atomic mass is 10.2. The molecule has 0 saturated carbocycles. The molecule has 0 aliphatic heterocycles. The molecule has 1 aromatic rings. The van der Waals surface area contributed by atoms with Crippen molar-refractivity contribution < 1.29 is 5.11 Å². The number of aryl methyl sites for hydroxylation is 1. The van der Waals surface area contributed by atoms with E-state index in [2.05, 4.69) is 26.3 Å². The Hall–Kier alpha value is -0.880. The summed E-state index contributed by atoms with van der Waals surface area (Å²) in [6.07, 6.45) is 2.34. The van der Waals surface area contributed by atoms with Gasteiger partial charge >= 0.3 is 0 Å². The average Bonchev–Trinajstić information content (AvgIpc) is 2.25. The number of aliphatic hydroxyl groups is 1. The van der Waals surface area contributed by atoms with E-state index in [0.29, 0.717) is 10.2 Å². The van der Waals surface area contributed by atoms with Crippen molar-refractivity contribution in [3.05, 3.63) is 21.0 Å². The van der Waals surface area contributed by atoms with Crippen LogP contribution >= 0.6 is 15.9 Å². The second-order valence-corrected chi connectivity index (χ2v) is 4.03. The van der Waals surface area contributed by atoms with Crippen molar-refractivity contribution in [3.63, 3.8) is 0 Å². The first-order valence-electron chi connectivity index (χ1n) is 4.69. The molecule has 84 valence electrons. The van der Waals surface area contributed by atoms with Crippen LogP contribution in [0.2, 0.25) is 0 Å². The van der Waals surface area contributed by atoms with E-state index >= 15 is 0 Å². The highest BCUT2D eigenvalue weighted by molar-refractivity contribution is 9.10. The molecule has 0 bridgehead atoms. The molecule has 6 heteroatoms. The number of aromatic nitrogens is 2. The molecule has 0 aromatic carbocycles. The van der Waals surface area contributed by atoms with E-state index in [4.69, 9.17) is 5.11 Å². The van der Waals surface area contributed by atoms with E-state index in [9.17, 15) is 4.79 Å². The van der Waals surface area contributed by atoms with E-state index in [1.165, 1.54) is 4.68 Å². The van der Waals surface area contributed by atoms with Crippen LogP contribution in [0.1, 0.15) is 13.3 Å². The van der Waals surface area contributed by atoms with E-state index in [-0.39, 0.29) is 18.2 Å². The van der Waals surface area contributed by atoms with Gasteiger partial charge in [0.05, 0.1) is 18.5 Å². The van der Waals surface area contributed by atoms with Crippen LogP contribution in [0.25, 0.3) is 0 Å². The quantitative estimate of drug-likeness (QED) is 0.850. The zero-order valence-corrected chi connectivity index (χ0v) is 10.3. The average molecular weight is 276 g/mol. The maximum Gasteiger partial charge on any atom is 0.282 e. The van der Waals surface area contributed by atoms with Crippen LogP contribution in [0.3, 0.4) is 0 Å². The third-order valence-corrected chi connectivity index (χ3v) is 2.92. The van der Waals surface area contributed by atoms with Crippen molar-refractivity contribution in [2.24, 2.45) is 7.05 Å². The minimum Gasteiger partial charge on any atom is -0.394 e. The smallest absolute Gasteiger partial charge is 0.282 e. The van der Waals surface area contributed by atoms with Crippen molar-refractivity contribution in [1.29, 1.82) is 0 Å². The fourth-order valence-corrected chi connectivity index (χ4v) is 1.58. The van der Waals surface area contributed by atoms with Gasteiger partial charge in [0.25, 0.3) is 5.56 Å². The minimum absolute atomic E-state index is 0.0259. The van der Waals surface area contributed by atoms with E-state index < -0.39 is 0 Å². The Balaban J connectivity index is 2.96. The van der Waals surface area contributed by atoms with Crippen LogP contribution in [0.5, 0.6) is 0 Å². The van der Waals surface area contributed by atoms with Gasteiger partial charge in [-0.05, 0) is 22.4 Å². The van der Waals surface area contributed by atoms with Gasteiger partial charge in [-0.15, -0.1) is 0 Å². The molecule has 0 radical (unpaired) electrons. The zero-order chi connectivity index (χ0) is 11.4. The largest absolute Gasteiger partial charge is 0.394 e. The Bertz CT molecular complexity index is 387. The fraction of sp³-hybridized carbons (Fsp3) is 0.556. The van der Waals surface area contributed by atoms with Crippen LogP contribution in [0.4, 0.5) is 5.69 Å². The molecule has 0 aliphatic carbocycles. The number of nitrogens with one attached hydrogen (secondary N) is 1. The molecular formula is C9H14BrN3O2. The standard InChI is InChI=1S/C9H14BrN3O2/c1-3-6(5-14)12-7-4-11-13(2)9(15)8(7)10/h4,6,12,14H,3,5H2,1-2H3/t6-/m0/s1. The van der Waals surface area contributed by atoms with Gasteiger partial charge in [0.15, 0.2) is 0 Å².